The molecule has 1 N–H and O–H groups in total. The van der Waals surface area contributed by atoms with Crippen molar-refractivity contribution < 1.29 is 18.0 Å². The van der Waals surface area contributed by atoms with Crippen LogP contribution in [0.4, 0.5) is 5.00 Å². The number of likely N-dealkylation sites (tertiary alicyclic amines) is 1. The van der Waals surface area contributed by atoms with Crippen molar-refractivity contribution in [3.05, 3.63) is 71.1 Å². The Morgan fingerprint density at radius 2 is 1.70 bits per heavy atom. The summed E-state index contributed by atoms with van der Waals surface area (Å²) in [5, 5.41) is 3.54. The lowest BCUT2D eigenvalue weighted by atomic mass is 10.0. The summed E-state index contributed by atoms with van der Waals surface area (Å²) in [4.78, 5) is 32.1. The van der Waals surface area contributed by atoms with Gasteiger partial charge < -0.3 is 15.1 Å². The molecule has 2 aliphatic rings. The summed E-state index contributed by atoms with van der Waals surface area (Å²) < 4.78 is 27.2. The van der Waals surface area contributed by atoms with Gasteiger partial charge in [-0.2, -0.15) is 4.31 Å². The number of hydrogen-bond acceptors (Lipinski definition) is 6. The number of fused-ring (bicyclic) bond motifs is 1. The number of anilines is 1. The van der Waals surface area contributed by atoms with Crippen molar-refractivity contribution in [2.45, 2.75) is 37.1 Å². The average molecular weight is 543 g/mol. The maximum absolute atomic E-state index is 13.6. The van der Waals surface area contributed by atoms with Crippen molar-refractivity contribution in [2.75, 3.05) is 45.1 Å². The average Bonchev–Trinajstić information content (AvgIpc) is 3.25. The molecule has 3 heterocycles. The molecule has 37 heavy (non-hydrogen) atoms. The Kier molecular flexibility index (Phi) is 8.63. The molecule has 0 unspecified atom stereocenters. The van der Waals surface area contributed by atoms with Crippen molar-refractivity contribution in [2.24, 2.45) is 0 Å². The third-order valence-electron chi connectivity index (χ3n) is 6.75. The van der Waals surface area contributed by atoms with Gasteiger partial charge in [-0.3, -0.25) is 9.59 Å². The van der Waals surface area contributed by atoms with Crippen LogP contribution >= 0.6 is 11.3 Å². The van der Waals surface area contributed by atoms with Crippen molar-refractivity contribution >= 4 is 38.2 Å². The number of benzene rings is 1. The number of thiophene rings is 1. The van der Waals surface area contributed by atoms with E-state index in [1.54, 1.807) is 0 Å². The number of nitrogens with one attached hydrogen (secondary N) is 1. The van der Waals surface area contributed by atoms with Crippen LogP contribution < -0.4 is 5.32 Å². The lowest BCUT2D eigenvalue weighted by Gasteiger charge is -2.28. The van der Waals surface area contributed by atoms with Gasteiger partial charge >= 0.3 is 0 Å². The molecule has 0 saturated carbocycles. The van der Waals surface area contributed by atoms with Crippen LogP contribution in [0.25, 0.3) is 0 Å². The van der Waals surface area contributed by atoms with Crippen LogP contribution in [-0.2, 0) is 23.0 Å². The summed E-state index contributed by atoms with van der Waals surface area (Å²) in [6.45, 7) is 10.6. The molecule has 198 valence electrons. The van der Waals surface area contributed by atoms with Crippen molar-refractivity contribution in [3.8, 4) is 0 Å². The third-order valence-corrected chi connectivity index (χ3v) is 9.73. The summed E-state index contributed by atoms with van der Waals surface area (Å²) in [7, 11) is -1.71. The Balaban J connectivity index is 1.59. The van der Waals surface area contributed by atoms with Crippen LogP contribution in [0, 0.1) is 0 Å². The van der Waals surface area contributed by atoms with E-state index >= 15 is 0 Å². The van der Waals surface area contributed by atoms with Gasteiger partial charge in [-0.1, -0.05) is 12.2 Å². The van der Waals surface area contributed by atoms with E-state index in [0.29, 0.717) is 16.1 Å². The van der Waals surface area contributed by atoms with Crippen molar-refractivity contribution in [1.82, 2.24) is 14.1 Å². The molecule has 0 atom stereocenters. The molecular weight excluding hydrogens is 508 g/mol. The summed E-state index contributed by atoms with van der Waals surface area (Å²) >= 11 is 1.46. The molecular formula is C27H34N4O4S2. The molecule has 4 rings (SSSR count). The van der Waals surface area contributed by atoms with Crippen LogP contribution in [0.2, 0.25) is 0 Å². The van der Waals surface area contributed by atoms with Gasteiger partial charge in [0.25, 0.3) is 11.8 Å². The van der Waals surface area contributed by atoms with Gasteiger partial charge in [0.05, 0.1) is 10.5 Å². The van der Waals surface area contributed by atoms with Crippen LogP contribution in [0.5, 0.6) is 0 Å². The van der Waals surface area contributed by atoms with Gasteiger partial charge in [-0.05, 0) is 62.6 Å². The molecule has 10 heteroatoms. The highest BCUT2D eigenvalue weighted by Crippen LogP contribution is 2.38. The minimum Gasteiger partial charge on any atom is -0.339 e. The predicted molar refractivity (Wildman–Crippen MR) is 148 cm³/mol. The molecule has 0 radical (unpaired) electrons. The molecule has 0 spiro atoms. The fourth-order valence-electron chi connectivity index (χ4n) is 4.76. The Morgan fingerprint density at radius 3 is 2.32 bits per heavy atom. The van der Waals surface area contributed by atoms with E-state index in [0.717, 1.165) is 62.3 Å². The SMILES string of the molecule is C=CCN(CC=C)S(=O)(=O)c1ccc(C(=O)Nc2sc3c(c2C(=O)N2CCCCC2)CCN(C)C3)cc1. The number of rotatable bonds is 9. The molecule has 1 fully saturated rings. The molecule has 2 aliphatic heterocycles. The fraction of sp³-hybridized carbons (Fsp3) is 0.407. The topological polar surface area (TPSA) is 90.0 Å². The van der Waals surface area contributed by atoms with Gasteiger partial charge in [0.2, 0.25) is 10.0 Å². The van der Waals surface area contributed by atoms with Gasteiger partial charge in [0, 0.05) is 49.7 Å². The number of likely N-dealkylation sites (N-methyl/N-ethyl adjacent to an activating group) is 1. The molecule has 2 amide bonds. The quantitative estimate of drug-likeness (QED) is 0.484. The number of sulfonamides is 1. The number of carbonyl (C=O) groups excluding carboxylic acids is 2. The standard InChI is InChI=1S/C27H34N4O4S2/c1-4-14-31(15-5-2)37(34,35)21-11-9-20(10-12-21)25(32)28-26-24(27(33)30-16-7-6-8-17-30)22-13-18-29(3)19-23(22)36-26/h4-5,9-12H,1-2,6-8,13-19H2,3H3,(H,28,32). The zero-order valence-electron chi connectivity index (χ0n) is 21.2. The van der Waals surface area contributed by atoms with Crippen LogP contribution in [0.15, 0.2) is 54.5 Å². The number of carbonyl (C=O) groups is 2. The maximum Gasteiger partial charge on any atom is 0.257 e. The summed E-state index contributed by atoms with van der Waals surface area (Å²) in [6, 6.07) is 5.85. The highest BCUT2D eigenvalue weighted by atomic mass is 32.2. The fourth-order valence-corrected chi connectivity index (χ4v) is 7.46. The normalized spacial score (nSPS) is 16.3. The Labute approximate surface area is 223 Å². The lowest BCUT2D eigenvalue weighted by molar-refractivity contribution is 0.0724. The molecule has 8 nitrogen and oxygen atoms in total. The molecule has 1 aromatic heterocycles. The highest BCUT2D eigenvalue weighted by Gasteiger charge is 2.31. The minimum absolute atomic E-state index is 0.0111. The van der Waals surface area contributed by atoms with Crippen molar-refractivity contribution in [1.29, 1.82) is 0 Å². The Bertz CT molecular complexity index is 1270. The molecule has 0 bridgehead atoms. The van der Waals surface area contributed by atoms with E-state index in [4.69, 9.17) is 0 Å². The second-order valence-electron chi connectivity index (χ2n) is 9.43. The first-order chi connectivity index (χ1) is 17.8. The van der Waals surface area contributed by atoms with E-state index in [9.17, 15) is 18.0 Å². The van der Waals surface area contributed by atoms with E-state index in [1.165, 1.54) is 52.1 Å². The van der Waals surface area contributed by atoms with E-state index in [-0.39, 0.29) is 29.8 Å². The zero-order chi connectivity index (χ0) is 26.6. The van der Waals surface area contributed by atoms with Crippen molar-refractivity contribution in [3.63, 3.8) is 0 Å². The van der Waals surface area contributed by atoms with Crippen LogP contribution in [-0.4, -0.2) is 74.1 Å². The van der Waals surface area contributed by atoms with Crippen LogP contribution in [0.1, 0.15) is 50.4 Å². The maximum atomic E-state index is 13.6. The van der Waals surface area contributed by atoms with Gasteiger partial charge in [-0.15, -0.1) is 24.5 Å². The smallest absolute Gasteiger partial charge is 0.257 e. The van der Waals surface area contributed by atoms with E-state index in [1.807, 2.05) is 11.9 Å². The van der Waals surface area contributed by atoms with Crippen LogP contribution in [0.3, 0.4) is 0 Å². The molecule has 0 aliphatic carbocycles. The first-order valence-corrected chi connectivity index (χ1v) is 14.8. The third kappa shape index (κ3) is 5.87. The number of amides is 2. The Morgan fingerprint density at radius 1 is 1.05 bits per heavy atom. The van der Waals surface area contributed by atoms with E-state index < -0.39 is 10.0 Å². The summed E-state index contributed by atoms with van der Waals surface area (Å²) in [5.41, 5.74) is 1.98. The number of hydrogen-bond donors (Lipinski definition) is 1. The zero-order valence-corrected chi connectivity index (χ0v) is 22.9. The largest absolute Gasteiger partial charge is 0.339 e. The number of piperidine rings is 1. The molecule has 2 aromatic rings. The van der Waals surface area contributed by atoms with Gasteiger partial charge in [0.1, 0.15) is 5.00 Å². The first-order valence-electron chi connectivity index (χ1n) is 12.5. The van der Waals surface area contributed by atoms with E-state index in [2.05, 4.69) is 23.4 Å². The monoisotopic (exact) mass is 542 g/mol. The number of nitrogens with zero attached hydrogens (tertiary/aromatic N) is 3. The second-order valence-corrected chi connectivity index (χ2v) is 12.5. The minimum atomic E-state index is -3.76. The second kappa shape index (κ2) is 11.7. The molecule has 1 aromatic carbocycles. The first kappa shape index (κ1) is 27.3. The predicted octanol–water partition coefficient (Wildman–Crippen LogP) is 3.98. The van der Waals surface area contributed by atoms with Gasteiger partial charge in [-0.25, -0.2) is 8.42 Å². The summed E-state index contributed by atoms with van der Waals surface area (Å²) in [6.07, 6.45) is 6.92. The summed E-state index contributed by atoms with van der Waals surface area (Å²) in [5.74, 6) is -0.388. The molecule has 1 saturated heterocycles. The lowest BCUT2D eigenvalue weighted by Crippen LogP contribution is -2.37. The Hall–Kier alpha value is -2.79. The van der Waals surface area contributed by atoms with Gasteiger partial charge in [0.15, 0.2) is 0 Å². The highest BCUT2D eigenvalue weighted by molar-refractivity contribution is 7.89.